The van der Waals surface area contributed by atoms with Crippen LogP contribution in [0.1, 0.15) is 79.3 Å². The molecule has 2 fully saturated rings. The van der Waals surface area contributed by atoms with Crippen molar-refractivity contribution in [3.63, 3.8) is 0 Å². The Labute approximate surface area is 286 Å². The van der Waals surface area contributed by atoms with E-state index in [1.165, 1.54) is 5.56 Å². The fourth-order valence-corrected chi connectivity index (χ4v) is 8.47. The number of unbranched alkanes of at least 4 members (excludes halogenated alkanes) is 1. The van der Waals surface area contributed by atoms with E-state index in [1.807, 2.05) is 30.3 Å². The number of rotatable bonds is 22. The molecule has 6 unspecified atom stereocenters. The predicted octanol–water partition coefficient (Wildman–Crippen LogP) is 6.82. The van der Waals surface area contributed by atoms with Crippen LogP contribution >= 0.6 is 0 Å². The van der Waals surface area contributed by atoms with E-state index in [9.17, 15) is 4.79 Å². The molecule has 0 radical (unpaired) electrons. The van der Waals surface area contributed by atoms with E-state index < -0.39 is 0 Å². The molecule has 0 spiro atoms. The van der Waals surface area contributed by atoms with Crippen molar-refractivity contribution in [1.82, 2.24) is 0 Å². The average molecular weight is 669 g/mol. The van der Waals surface area contributed by atoms with Gasteiger partial charge in [0.25, 0.3) is 0 Å². The van der Waals surface area contributed by atoms with Crippen molar-refractivity contribution < 1.29 is 42.7 Å². The molecule has 9 heteroatoms. The highest BCUT2D eigenvalue weighted by molar-refractivity contribution is 6.01. The lowest BCUT2D eigenvalue weighted by Gasteiger charge is -2.53. The zero-order chi connectivity index (χ0) is 33.6. The third-order valence-corrected chi connectivity index (χ3v) is 10.7. The summed E-state index contributed by atoms with van der Waals surface area (Å²) in [7, 11) is 3.29. The number of ether oxygens (including phenoxy) is 8. The number of fused-ring (bicyclic) bond motifs is 5. The van der Waals surface area contributed by atoms with Crippen molar-refractivity contribution in [3.8, 4) is 5.75 Å². The van der Waals surface area contributed by atoms with Crippen molar-refractivity contribution in [2.45, 2.75) is 70.5 Å². The largest absolute Gasteiger partial charge is 0.468 e. The van der Waals surface area contributed by atoms with Gasteiger partial charge in [0.1, 0.15) is 12.5 Å². The number of hydrogen-bond donors (Lipinski definition) is 0. The molecule has 5 rings (SSSR count). The van der Waals surface area contributed by atoms with Gasteiger partial charge in [-0.25, -0.2) is 0 Å². The monoisotopic (exact) mass is 668 g/mol. The Hall–Kier alpha value is -2.37. The van der Waals surface area contributed by atoms with E-state index in [-0.39, 0.29) is 30.0 Å². The van der Waals surface area contributed by atoms with E-state index in [0.717, 1.165) is 56.1 Å². The van der Waals surface area contributed by atoms with Crippen molar-refractivity contribution >= 4 is 5.78 Å². The van der Waals surface area contributed by atoms with Gasteiger partial charge in [0.15, 0.2) is 12.6 Å². The van der Waals surface area contributed by atoms with Gasteiger partial charge < -0.3 is 37.9 Å². The summed E-state index contributed by atoms with van der Waals surface area (Å²) < 4.78 is 45.1. The molecule has 0 saturated heterocycles. The molecule has 3 aliphatic carbocycles. The summed E-state index contributed by atoms with van der Waals surface area (Å²) in [6.07, 6.45) is 7.18. The van der Waals surface area contributed by atoms with Gasteiger partial charge in [-0.05, 0) is 85.0 Å². The van der Waals surface area contributed by atoms with Gasteiger partial charge in [-0.1, -0.05) is 49.7 Å². The molecule has 2 aromatic carbocycles. The number of ketones is 1. The number of carbonyl (C=O) groups is 1. The SMILES string of the molecule is COCOc1ccc2c(c1)C(=O)C(CCCCOCCOCCOCCOCc1ccccc1)C1C2CCC2(C)C(OCOC)CCC12. The summed E-state index contributed by atoms with van der Waals surface area (Å²) in [5, 5.41) is 0. The molecule has 3 aliphatic rings. The van der Waals surface area contributed by atoms with Crippen LogP contribution in [0, 0.1) is 23.2 Å². The lowest BCUT2D eigenvalue weighted by Crippen LogP contribution is -2.49. The quantitative estimate of drug-likeness (QED) is 0.0991. The average Bonchev–Trinajstić information content (AvgIpc) is 3.45. The van der Waals surface area contributed by atoms with E-state index in [2.05, 4.69) is 25.1 Å². The Morgan fingerprint density at radius 3 is 2.21 bits per heavy atom. The third-order valence-electron chi connectivity index (χ3n) is 10.7. The summed E-state index contributed by atoms with van der Waals surface area (Å²) in [5.41, 5.74) is 3.25. The molecule has 0 heterocycles. The van der Waals surface area contributed by atoms with Crippen LogP contribution in [0.15, 0.2) is 48.5 Å². The maximum Gasteiger partial charge on any atom is 0.188 e. The minimum Gasteiger partial charge on any atom is -0.468 e. The van der Waals surface area contributed by atoms with Gasteiger partial charge >= 0.3 is 0 Å². The van der Waals surface area contributed by atoms with Crippen LogP contribution in [0.5, 0.6) is 5.75 Å². The van der Waals surface area contributed by atoms with Crippen LogP contribution in [-0.2, 0) is 39.8 Å². The summed E-state index contributed by atoms with van der Waals surface area (Å²) in [5.74, 6) is 2.07. The van der Waals surface area contributed by atoms with Crippen LogP contribution in [0.4, 0.5) is 0 Å². The first-order valence-corrected chi connectivity index (χ1v) is 17.8. The molecule has 0 bridgehead atoms. The van der Waals surface area contributed by atoms with Crippen LogP contribution in [0.2, 0.25) is 0 Å². The summed E-state index contributed by atoms with van der Waals surface area (Å²) >= 11 is 0. The molecule has 9 nitrogen and oxygen atoms in total. The molecule has 0 N–H and O–H groups in total. The molecular weight excluding hydrogens is 612 g/mol. The van der Waals surface area contributed by atoms with Crippen LogP contribution < -0.4 is 4.74 Å². The zero-order valence-corrected chi connectivity index (χ0v) is 29.2. The maximum atomic E-state index is 14.3. The highest BCUT2D eigenvalue weighted by Crippen LogP contribution is 2.63. The lowest BCUT2D eigenvalue weighted by molar-refractivity contribution is -0.127. The predicted molar refractivity (Wildman–Crippen MR) is 182 cm³/mol. The van der Waals surface area contributed by atoms with Gasteiger partial charge in [0.05, 0.1) is 52.4 Å². The molecule has 0 amide bonds. The minimum atomic E-state index is -0.0157. The van der Waals surface area contributed by atoms with Gasteiger partial charge in [-0.15, -0.1) is 0 Å². The van der Waals surface area contributed by atoms with Crippen molar-refractivity contribution in [2.24, 2.45) is 23.2 Å². The molecule has 48 heavy (non-hydrogen) atoms. The standard InChI is InChI=1S/C39H56O9/c1-39-17-16-32-31-13-12-30(47-27-41-2)25-34(31)38(40)33(37(32)35(39)14-15-36(39)48-28-42-3)11-7-8-18-43-19-20-44-21-22-45-23-24-46-26-29-9-5-4-6-10-29/h4-6,9-10,12-13,25,32-33,35-37H,7-8,11,14-24,26-28H2,1-3H3. The van der Waals surface area contributed by atoms with Crippen LogP contribution in [0.25, 0.3) is 0 Å². The maximum absolute atomic E-state index is 14.3. The summed E-state index contributed by atoms with van der Waals surface area (Å²) in [4.78, 5) is 14.3. The Morgan fingerprint density at radius 1 is 0.771 bits per heavy atom. The Bertz CT molecular complexity index is 1240. The van der Waals surface area contributed by atoms with Crippen molar-refractivity contribution in [2.75, 3.05) is 74.1 Å². The second-order valence-corrected chi connectivity index (χ2v) is 13.6. The first-order valence-electron chi connectivity index (χ1n) is 17.8. The third kappa shape index (κ3) is 9.44. The minimum absolute atomic E-state index is 0.0157. The first kappa shape index (κ1) is 36.9. The summed E-state index contributed by atoms with van der Waals surface area (Å²) in [6.45, 7) is 7.40. The highest BCUT2D eigenvalue weighted by Gasteiger charge is 2.58. The molecule has 2 aromatic rings. The van der Waals surface area contributed by atoms with Gasteiger partial charge in [-0.2, -0.15) is 0 Å². The molecule has 266 valence electrons. The normalized spacial score (nSPS) is 26.2. The Balaban J connectivity index is 1.04. The molecule has 6 atom stereocenters. The highest BCUT2D eigenvalue weighted by atomic mass is 16.7. The first-order chi connectivity index (χ1) is 23.6. The molecule has 0 aromatic heterocycles. The number of carbonyl (C=O) groups excluding carboxylic acids is 1. The summed E-state index contributed by atoms with van der Waals surface area (Å²) in [6, 6.07) is 16.2. The van der Waals surface area contributed by atoms with E-state index in [0.29, 0.717) is 83.2 Å². The number of Topliss-reactive ketones (excluding diaryl/α,β-unsaturated/α-hetero) is 1. The fourth-order valence-electron chi connectivity index (χ4n) is 8.47. The zero-order valence-electron chi connectivity index (χ0n) is 29.2. The molecule has 2 saturated carbocycles. The van der Waals surface area contributed by atoms with Crippen LogP contribution in [0.3, 0.4) is 0 Å². The van der Waals surface area contributed by atoms with E-state index >= 15 is 0 Å². The van der Waals surface area contributed by atoms with Gasteiger partial charge in [-0.3, -0.25) is 4.79 Å². The molecular formula is C39H56O9. The topological polar surface area (TPSA) is 90.9 Å². The van der Waals surface area contributed by atoms with Gasteiger partial charge in [0.2, 0.25) is 0 Å². The Morgan fingerprint density at radius 2 is 1.48 bits per heavy atom. The van der Waals surface area contributed by atoms with Crippen molar-refractivity contribution in [1.29, 1.82) is 0 Å². The van der Waals surface area contributed by atoms with E-state index in [4.69, 9.17) is 37.9 Å². The molecule has 0 aliphatic heterocycles. The number of hydrogen-bond acceptors (Lipinski definition) is 9. The smallest absolute Gasteiger partial charge is 0.188 e. The fraction of sp³-hybridized carbons (Fsp3) is 0.667. The Kier molecular flexibility index (Phi) is 14.7. The van der Waals surface area contributed by atoms with E-state index in [1.54, 1.807) is 14.2 Å². The number of benzene rings is 2. The van der Waals surface area contributed by atoms with Crippen molar-refractivity contribution in [3.05, 3.63) is 65.2 Å². The number of methoxy groups -OCH3 is 2. The lowest BCUT2D eigenvalue weighted by atomic mass is 9.51. The second kappa shape index (κ2) is 19.1. The van der Waals surface area contributed by atoms with Gasteiger partial charge in [0, 0.05) is 32.3 Å². The van der Waals surface area contributed by atoms with Crippen LogP contribution in [-0.4, -0.2) is 85.9 Å². The second-order valence-electron chi connectivity index (χ2n) is 13.6.